The number of furan rings is 1. The van der Waals surface area contributed by atoms with Crippen molar-refractivity contribution in [3.05, 3.63) is 69.2 Å². The van der Waals surface area contributed by atoms with E-state index in [4.69, 9.17) is 14.1 Å². The van der Waals surface area contributed by atoms with E-state index >= 15 is 0 Å². The molecule has 0 aliphatic carbocycles. The van der Waals surface area contributed by atoms with Crippen LogP contribution in [0.25, 0.3) is 5.57 Å². The quantitative estimate of drug-likeness (QED) is 0.492. The van der Waals surface area contributed by atoms with Crippen LogP contribution in [-0.4, -0.2) is 11.9 Å². The SMILES string of the molecule is CC(C)=C1C(=O)OC(=Nc2c(C)cccc2C)C1=C(C)c1cc(C)oc1C. The lowest BCUT2D eigenvalue weighted by atomic mass is 9.94. The Kier molecular flexibility index (Phi) is 4.92. The molecule has 0 bridgehead atoms. The molecular weight excluding hydrogens is 338 g/mol. The molecule has 140 valence electrons. The maximum absolute atomic E-state index is 12.6. The Morgan fingerprint density at radius 1 is 0.963 bits per heavy atom. The zero-order valence-corrected chi connectivity index (χ0v) is 17.0. The average Bonchev–Trinajstić information content (AvgIpc) is 3.09. The van der Waals surface area contributed by atoms with E-state index < -0.39 is 0 Å². The summed E-state index contributed by atoms with van der Waals surface area (Å²) in [4.78, 5) is 17.4. The summed E-state index contributed by atoms with van der Waals surface area (Å²) in [5.74, 6) is 1.65. The van der Waals surface area contributed by atoms with Crippen LogP contribution in [0.4, 0.5) is 5.69 Å². The van der Waals surface area contributed by atoms with Crippen molar-refractivity contribution < 1.29 is 13.9 Å². The van der Waals surface area contributed by atoms with Crippen LogP contribution in [0, 0.1) is 27.7 Å². The van der Waals surface area contributed by atoms with Crippen LogP contribution >= 0.6 is 0 Å². The molecule has 3 rings (SSSR count). The Morgan fingerprint density at radius 2 is 1.59 bits per heavy atom. The number of nitrogens with zero attached hydrogens (tertiary/aromatic N) is 1. The van der Waals surface area contributed by atoms with Gasteiger partial charge in [0.25, 0.3) is 0 Å². The van der Waals surface area contributed by atoms with Gasteiger partial charge in [0, 0.05) is 5.56 Å². The van der Waals surface area contributed by atoms with Crippen LogP contribution in [0.3, 0.4) is 0 Å². The molecule has 1 aromatic heterocycles. The summed E-state index contributed by atoms with van der Waals surface area (Å²) in [5.41, 5.74) is 7.03. The highest BCUT2D eigenvalue weighted by Gasteiger charge is 2.35. The average molecular weight is 363 g/mol. The molecule has 27 heavy (non-hydrogen) atoms. The lowest BCUT2D eigenvalue weighted by Gasteiger charge is -2.09. The summed E-state index contributed by atoms with van der Waals surface area (Å²) in [5, 5.41) is 0. The smallest absolute Gasteiger partial charge is 0.345 e. The fourth-order valence-electron chi connectivity index (χ4n) is 3.50. The lowest BCUT2D eigenvalue weighted by molar-refractivity contribution is -0.129. The van der Waals surface area contributed by atoms with Gasteiger partial charge in [-0.25, -0.2) is 9.79 Å². The maximum atomic E-state index is 12.6. The highest BCUT2D eigenvalue weighted by atomic mass is 16.5. The molecule has 1 saturated heterocycles. The Hall–Kier alpha value is -2.88. The Balaban J connectivity index is 2.30. The van der Waals surface area contributed by atoms with E-state index in [0.717, 1.165) is 50.6 Å². The third-order valence-electron chi connectivity index (χ3n) is 4.83. The van der Waals surface area contributed by atoms with Crippen molar-refractivity contribution in [3.63, 3.8) is 0 Å². The number of cyclic esters (lactones) is 1. The number of carbonyl (C=O) groups is 1. The van der Waals surface area contributed by atoms with Crippen LogP contribution in [0.5, 0.6) is 0 Å². The van der Waals surface area contributed by atoms with Gasteiger partial charge in [0.15, 0.2) is 0 Å². The van der Waals surface area contributed by atoms with Crippen molar-refractivity contribution in [2.24, 2.45) is 4.99 Å². The van der Waals surface area contributed by atoms with Crippen molar-refractivity contribution in [2.75, 3.05) is 0 Å². The molecule has 0 N–H and O–H groups in total. The number of benzene rings is 1. The second-order valence-corrected chi connectivity index (χ2v) is 7.25. The molecular formula is C23H25NO3. The first-order valence-electron chi connectivity index (χ1n) is 9.04. The molecule has 0 atom stereocenters. The summed E-state index contributed by atoms with van der Waals surface area (Å²) in [7, 11) is 0. The molecule has 0 spiro atoms. The van der Waals surface area contributed by atoms with E-state index in [9.17, 15) is 4.79 Å². The first-order chi connectivity index (χ1) is 12.7. The number of aryl methyl sites for hydroxylation is 4. The predicted molar refractivity (Wildman–Crippen MR) is 108 cm³/mol. The molecule has 2 aromatic rings. The minimum atomic E-state index is -0.354. The summed E-state index contributed by atoms with van der Waals surface area (Å²) < 4.78 is 11.3. The van der Waals surface area contributed by atoms with Crippen molar-refractivity contribution >= 4 is 23.1 Å². The second-order valence-electron chi connectivity index (χ2n) is 7.25. The van der Waals surface area contributed by atoms with Crippen LogP contribution < -0.4 is 0 Å². The van der Waals surface area contributed by atoms with Gasteiger partial charge < -0.3 is 9.15 Å². The standard InChI is InChI=1S/C23H25NO3/c1-12(2)19-20(16(6)18-11-15(5)26-17(18)7)22(27-23(19)25)24-21-13(3)9-8-10-14(21)4/h8-11H,1-7H3. The first kappa shape index (κ1) is 18.9. The highest BCUT2D eigenvalue weighted by Crippen LogP contribution is 2.36. The first-order valence-corrected chi connectivity index (χ1v) is 9.04. The molecule has 1 fully saturated rings. The molecule has 0 unspecified atom stereocenters. The Labute approximate surface area is 160 Å². The van der Waals surface area contributed by atoms with Crippen molar-refractivity contribution in [2.45, 2.75) is 48.5 Å². The van der Waals surface area contributed by atoms with Gasteiger partial charge in [0.1, 0.15) is 11.5 Å². The number of para-hydroxylation sites is 1. The van der Waals surface area contributed by atoms with E-state index in [1.807, 2.05) is 72.7 Å². The molecule has 0 amide bonds. The van der Waals surface area contributed by atoms with E-state index in [1.165, 1.54) is 0 Å². The molecule has 2 heterocycles. The molecule has 0 saturated carbocycles. The number of ether oxygens (including phenoxy) is 1. The molecule has 4 heteroatoms. The largest absolute Gasteiger partial charge is 0.466 e. The Morgan fingerprint density at radius 3 is 2.11 bits per heavy atom. The summed E-state index contributed by atoms with van der Waals surface area (Å²) in [6.07, 6.45) is 0. The van der Waals surface area contributed by atoms with Gasteiger partial charge >= 0.3 is 5.97 Å². The van der Waals surface area contributed by atoms with Crippen molar-refractivity contribution in [1.29, 1.82) is 0 Å². The van der Waals surface area contributed by atoms with Crippen LogP contribution in [0.2, 0.25) is 0 Å². The van der Waals surface area contributed by atoms with Gasteiger partial charge in [-0.3, -0.25) is 0 Å². The van der Waals surface area contributed by atoms with Gasteiger partial charge in [-0.05, 0) is 71.2 Å². The maximum Gasteiger partial charge on any atom is 0.345 e. The monoisotopic (exact) mass is 363 g/mol. The minimum Gasteiger partial charge on any atom is -0.466 e. The number of carbonyl (C=O) groups excluding carboxylic acids is 1. The predicted octanol–water partition coefficient (Wildman–Crippen LogP) is 5.91. The van der Waals surface area contributed by atoms with Gasteiger partial charge in [0.2, 0.25) is 5.90 Å². The van der Waals surface area contributed by atoms with E-state index in [0.29, 0.717) is 11.5 Å². The topological polar surface area (TPSA) is 51.8 Å². The zero-order valence-electron chi connectivity index (χ0n) is 17.0. The third kappa shape index (κ3) is 3.39. The molecule has 1 aromatic carbocycles. The van der Waals surface area contributed by atoms with Gasteiger partial charge in [-0.2, -0.15) is 0 Å². The van der Waals surface area contributed by atoms with Crippen LogP contribution in [0.1, 0.15) is 49.0 Å². The normalized spacial score (nSPS) is 17.5. The zero-order chi connectivity index (χ0) is 19.9. The summed E-state index contributed by atoms with van der Waals surface area (Å²) in [6.45, 7) is 13.7. The van der Waals surface area contributed by atoms with Gasteiger partial charge in [-0.15, -0.1) is 0 Å². The summed E-state index contributed by atoms with van der Waals surface area (Å²) in [6, 6.07) is 7.99. The summed E-state index contributed by atoms with van der Waals surface area (Å²) >= 11 is 0. The highest BCUT2D eigenvalue weighted by molar-refractivity contribution is 6.24. The van der Waals surface area contributed by atoms with Gasteiger partial charge in [-0.1, -0.05) is 23.8 Å². The van der Waals surface area contributed by atoms with E-state index in [2.05, 4.69) is 0 Å². The number of hydrogen-bond acceptors (Lipinski definition) is 4. The molecule has 4 nitrogen and oxygen atoms in total. The van der Waals surface area contributed by atoms with Crippen molar-refractivity contribution in [3.8, 4) is 0 Å². The minimum absolute atomic E-state index is 0.351. The lowest BCUT2D eigenvalue weighted by Crippen LogP contribution is -2.01. The number of hydrogen-bond donors (Lipinski definition) is 0. The molecule has 1 aliphatic heterocycles. The van der Waals surface area contributed by atoms with Crippen LogP contribution in [0.15, 0.2) is 50.4 Å². The Bertz CT molecular complexity index is 1010. The van der Waals surface area contributed by atoms with Crippen molar-refractivity contribution in [1.82, 2.24) is 0 Å². The van der Waals surface area contributed by atoms with E-state index in [-0.39, 0.29) is 5.97 Å². The number of rotatable bonds is 2. The third-order valence-corrected chi connectivity index (χ3v) is 4.83. The van der Waals surface area contributed by atoms with Gasteiger partial charge in [0.05, 0.1) is 16.8 Å². The number of allylic oxidation sites excluding steroid dienone is 2. The number of aliphatic imine (C=N–C) groups is 1. The van der Waals surface area contributed by atoms with E-state index in [1.54, 1.807) is 0 Å². The molecule has 0 radical (unpaired) electrons. The molecule has 1 aliphatic rings. The second kappa shape index (κ2) is 7.03. The van der Waals surface area contributed by atoms with Crippen LogP contribution in [-0.2, 0) is 9.53 Å². The fourth-order valence-corrected chi connectivity index (χ4v) is 3.50. The number of esters is 1. The fraction of sp³-hybridized carbons (Fsp3) is 0.304.